The van der Waals surface area contributed by atoms with E-state index in [0.29, 0.717) is 23.4 Å². The zero-order chi connectivity index (χ0) is 34.1. The van der Waals surface area contributed by atoms with E-state index < -0.39 is 22.3 Å². The van der Waals surface area contributed by atoms with E-state index in [2.05, 4.69) is 16.5 Å². The molecular formula is C40H30N6O3. The average molecular weight is 643 g/mol. The van der Waals surface area contributed by atoms with Gasteiger partial charge in [-0.05, 0) is 53.9 Å². The van der Waals surface area contributed by atoms with Gasteiger partial charge in [-0.15, -0.1) is 0 Å². The van der Waals surface area contributed by atoms with E-state index in [4.69, 9.17) is 0 Å². The number of anilines is 1. The first kappa shape index (κ1) is 31.0. The molecule has 0 N–H and O–H groups in total. The molecule has 2 unspecified atom stereocenters. The molecule has 5 aromatic carbocycles. The fourth-order valence-electron chi connectivity index (χ4n) is 7.11. The highest BCUT2D eigenvalue weighted by Crippen LogP contribution is 2.55. The van der Waals surface area contributed by atoms with Crippen molar-refractivity contribution in [2.75, 3.05) is 4.90 Å². The number of amides is 1. The van der Waals surface area contributed by atoms with Gasteiger partial charge in [0, 0.05) is 23.4 Å². The van der Waals surface area contributed by atoms with Crippen molar-refractivity contribution in [3.05, 3.63) is 183 Å². The SMILES string of the molecule is Cc1ccc2c(c1)C(C(=C=[N-])C#N)(C(c1ccc([N+](=O)[O-])cc1)n1c[n+](Cc3ccccc3)c3ccccc31)C(=O)N2Cc1ccccc1. The van der Waals surface area contributed by atoms with Crippen molar-refractivity contribution >= 4 is 34.2 Å². The second-order valence-electron chi connectivity index (χ2n) is 12.2. The van der Waals surface area contributed by atoms with Crippen LogP contribution in [0.4, 0.5) is 11.4 Å². The van der Waals surface area contributed by atoms with Gasteiger partial charge in [-0.3, -0.25) is 20.8 Å². The van der Waals surface area contributed by atoms with Crippen LogP contribution < -0.4 is 9.47 Å². The number of hydrogen-bond donors (Lipinski definition) is 0. The van der Waals surface area contributed by atoms with Gasteiger partial charge in [0.1, 0.15) is 12.6 Å². The summed E-state index contributed by atoms with van der Waals surface area (Å²) in [6.07, 6.45) is 1.92. The molecule has 6 aromatic rings. The predicted octanol–water partition coefficient (Wildman–Crippen LogP) is 6.96. The Morgan fingerprint density at radius 1 is 0.918 bits per heavy atom. The van der Waals surface area contributed by atoms with Gasteiger partial charge in [0.15, 0.2) is 22.5 Å². The van der Waals surface area contributed by atoms with E-state index in [1.807, 2.05) is 121 Å². The average Bonchev–Trinajstić information content (AvgIpc) is 3.59. The standard InChI is InChI=1S/C40H30N6O3/c1-28-16-21-35-34(22-28)40(32(23-41)24-42,39(47)44(35)26-30-12-6-3-7-13-30)38(31-17-19-33(20-18-31)46(48)49)45-27-43(25-29-10-4-2-5-11-29)36-14-8-9-15-37(36)45/h2-22,27,38H,25-26H2,1H3. The fourth-order valence-corrected chi connectivity index (χ4v) is 7.11. The summed E-state index contributed by atoms with van der Waals surface area (Å²) in [4.78, 5) is 28.3. The van der Waals surface area contributed by atoms with E-state index >= 15 is 4.79 Å². The van der Waals surface area contributed by atoms with Crippen LogP contribution in [0.2, 0.25) is 0 Å². The lowest BCUT2D eigenvalue weighted by molar-refractivity contribution is -0.663. The number of imidazole rings is 1. The molecule has 7 rings (SSSR count). The predicted molar refractivity (Wildman–Crippen MR) is 187 cm³/mol. The zero-order valence-corrected chi connectivity index (χ0v) is 26.6. The van der Waals surface area contributed by atoms with Crippen LogP contribution in [0.5, 0.6) is 0 Å². The quantitative estimate of drug-likeness (QED) is 0.0557. The minimum Gasteiger partial charge on any atom is -0.762 e. The summed E-state index contributed by atoms with van der Waals surface area (Å²) in [6, 6.07) is 40.2. The Hall–Kier alpha value is -6.62. The maximum atomic E-state index is 15.4. The molecule has 0 radical (unpaired) electrons. The van der Waals surface area contributed by atoms with Crippen LogP contribution in [0.1, 0.15) is 33.9 Å². The molecule has 2 heterocycles. The first-order valence-corrected chi connectivity index (χ1v) is 15.8. The molecule has 1 aromatic heterocycles. The number of benzene rings is 5. The number of nitro groups is 1. The summed E-state index contributed by atoms with van der Waals surface area (Å²) in [5.74, 6) is 1.71. The summed E-state index contributed by atoms with van der Waals surface area (Å²) in [5.41, 5.74) is 3.90. The largest absolute Gasteiger partial charge is 0.762 e. The Kier molecular flexibility index (Phi) is 7.93. The number of para-hydroxylation sites is 2. The number of hydrogen-bond acceptors (Lipinski definition) is 4. The number of nitrogens with zero attached hydrogens (tertiary/aromatic N) is 6. The molecule has 0 saturated carbocycles. The first-order chi connectivity index (χ1) is 23.9. The number of nitriles is 1. The Morgan fingerprint density at radius 2 is 1.57 bits per heavy atom. The summed E-state index contributed by atoms with van der Waals surface area (Å²) >= 11 is 0. The van der Waals surface area contributed by atoms with Crippen molar-refractivity contribution in [2.45, 2.75) is 31.5 Å². The van der Waals surface area contributed by atoms with Crippen LogP contribution in [-0.4, -0.2) is 21.3 Å². The number of fused-ring (bicyclic) bond motifs is 2. The van der Waals surface area contributed by atoms with Gasteiger partial charge in [-0.25, -0.2) is 9.13 Å². The van der Waals surface area contributed by atoms with Gasteiger partial charge < -0.3 is 10.3 Å². The number of nitro benzene ring substituents is 1. The van der Waals surface area contributed by atoms with Gasteiger partial charge in [0.25, 0.3) is 5.69 Å². The molecule has 49 heavy (non-hydrogen) atoms. The molecule has 0 fully saturated rings. The number of rotatable bonds is 9. The monoisotopic (exact) mass is 642 g/mol. The lowest BCUT2D eigenvalue weighted by Crippen LogP contribution is -2.48. The maximum Gasteiger partial charge on any atom is 0.269 e. The van der Waals surface area contributed by atoms with E-state index in [1.54, 1.807) is 17.0 Å². The molecule has 0 bridgehead atoms. The van der Waals surface area contributed by atoms with Crippen LogP contribution in [0.3, 0.4) is 0 Å². The third kappa shape index (κ3) is 5.17. The first-order valence-electron chi connectivity index (χ1n) is 15.8. The molecule has 0 aliphatic carbocycles. The minimum atomic E-state index is -1.82. The number of aryl methyl sites for hydroxylation is 1. The summed E-state index contributed by atoms with van der Waals surface area (Å²) < 4.78 is 4.03. The Labute approximate surface area is 282 Å². The van der Waals surface area contributed by atoms with Crippen molar-refractivity contribution in [1.29, 1.82) is 5.26 Å². The topological polar surface area (TPSA) is 118 Å². The fraction of sp³-hybridized carbons (Fsp3) is 0.125. The maximum absolute atomic E-state index is 15.4. The van der Waals surface area contributed by atoms with Crippen molar-refractivity contribution in [1.82, 2.24) is 4.57 Å². The molecule has 238 valence electrons. The van der Waals surface area contributed by atoms with Crippen LogP contribution in [-0.2, 0) is 23.3 Å². The number of non-ortho nitro benzene ring substituents is 1. The Balaban J connectivity index is 1.56. The van der Waals surface area contributed by atoms with Crippen molar-refractivity contribution in [3.8, 4) is 6.07 Å². The van der Waals surface area contributed by atoms with E-state index in [9.17, 15) is 20.8 Å². The second-order valence-corrected chi connectivity index (χ2v) is 12.2. The number of aromatic nitrogens is 2. The molecule has 2 atom stereocenters. The number of carbonyl (C=O) groups excluding carboxylic acids is 1. The molecule has 0 spiro atoms. The lowest BCUT2D eigenvalue weighted by Gasteiger charge is -2.34. The summed E-state index contributed by atoms with van der Waals surface area (Å²) in [7, 11) is 0. The van der Waals surface area contributed by atoms with Gasteiger partial charge in [-0.1, -0.05) is 90.5 Å². The second kappa shape index (κ2) is 12.5. The highest BCUT2D eigenvalue weighted by molar-refractivity contribution is 6.13. The van der Waals surface area contributed by atoms with Crippen molar-refractivity contribution in [2.24, 2.45) is 0 Å². The molecule has 1 aliphatic heterocycles. The van der Waals surface area contributed by atoms with E-state index in [-0.39, 0.29) is 17.8 Å². The van der Waals surface area contributed by atoms with Crippen LogP contribution in [0.15, 0.2) is 139 Å². The molecule has 1 aliphatic rings. The third-order valence-electron chi connectivity index (χ3n) is 9.29. The molecule has 9 heteroatoms. The Morgan fingerprint density at radius 3 is 2.22 bits per heavy atom. The van der Waals surface area contributed by atoms with Gasteiger partial charge in [0.2, 0.25) is 12.2 Å². The van der Waals surface area contributed by atoms with Crippen molar-refractivity contribution < 1.29 is 14.3 Å². The van der Waals surface area contributed by atoms with Gasteiger partial charge >= 0.3 is 0 Å². The number of carbonyl (C=O) groups is 1. The zero-order valence-electron chi connectivity index (χ0n) is 26.6. The normalized spacial score (nSPS) is 15.8. The van der Waals surface area contributed by atoms with Gasteiger partial charge in [-0.2, -0.15) is 5.26 Å². The van der Waals surface area contributed by atoms with Crippen LogP contribution in [0.25, 0.3) is 16.4 Å². The lowest BCUT2D eigenvalue weighted by atomic mass is 9.67. The molecule has 9 nitrogen and oxygen atoms in total. The van der Waals surface area contributed by atoms with E-state index in [1.165, 1.54) is 12.1 Å². The summed E-state index contributed by atoms with van der Waals surface area (Å²) in [5, 5.41) is 33.2. The highest BCUT2D eigenvalue weighted by atomic mass is 16.6. The smallest absolute Gasteiger partial charge is 0.269 e. The Bertz CT molecular complexity index is 2320. The molecule has 1 amide bonds. The third-order valence-corrected chi connectivity index (χ3v) is 9.29. The highest BCUT2D eigenvalue weighted by Gasteiger charge is 2.61. The molecular weight excluding hydrogens is 612 g/mol. The van der Waals surface area contributed by atoms with Crippen molar-refractivity contribution in [3.63, 3.8) is 0 Å². The molecule has 0 saturated heterocycles. The van der Waals surface area contributed by atoms with Crippen LogP contribution >= 0.6 is 0 Å². The minimum absolute atomic E-state index is 0.113. The van der Waals surface area contributed by atoms with E-state index in [0.717, 1.165) is 27.7 Å². The van der Waals surface area contributed by atoms with Crippen LogP contribution in [0, 0.1) is 28.4 Å². The van der Waals surface area contributed by atoms with Gasteiger partial charge in [0.05, 0.1) is 17.0 Å². The summed E-state index contributed by atoms with van der Waals surface area (Å²) in [6.45, 7) is 2.65.